The highest BCUT2D eigenvalue weighted by Crippen LogP contribution is 2.31. The molecule has 100 valence electrons. The Morgan fingerprint density at radius 2 is 2.32 bits per heavy atom. The molecule has 0 fully saturated rings. The van der Waals surface area contributed by atoms with Gasteiger partial charge in [-0.25, -0.2) is 10.8 Å². The third kappa shape index (κ3) is 2.75. The zero-order valence-corrected chi connectivity index (χ0v) is 12.0. The molecule has 6 nitrogen and oxygen atoms in total. The summed E-state index contributed by atoms with van der Waals surface area (Å²) in [5, 5.41) is 9.90. The summed E-state index contributed by atoms with van der Waals surface area (Å²) in [5.74, 6) is 6.52. The molecule has 2 heterocycles. The normalized spacial score (nSPS) is 12.2. The number of rotatable bonds is 4. The fraction of sp³-hybridized carbons (Fsp3) is 0.417. The number of aryl methyl sites for hydroxylation is 1. The van der Waals surface area contributed by atoms with Crippen LogP contribution in [0.3, 0.4) is 0 Å². The van der Waals surface area contributed by atoms with Crippen LogP contribution < -0.4 is 16.2 Å². The number of nitriles is 1. The van der Waals surface area contributed by atoms with Gasteiger partial charge >= 0.3 is 0 Å². The molecule has 7 heteroatoms. The fourth-order valence-electron chi connectivity index (χ4n) is 1.92. The van der Waals surface area contributed by atoms with Crippen LogP contribution in [0, 0.1) is 24.2 Å². The van der Waals surface area contributed by atoms with E-state index in [4.69, 9.17) is 11.1 Å². The highest BCUT2D eigenvalue weighted by Gasteiger charge is 2.15. The number of hydrogen-bond acceptors (Lipinski definition) is 7. The molecular formula is C12H16N6S. The lowest BCUT2D eigenvalue weighted by Crippen LogP contribution is -2.25. The van der Waals surface area contributed by atoms with Gasteiger partial charge in [-0.3, -0.25) is 5.43 Å². The summed E-state index contributed by atoms with van der Waals surface area (Å²) in [4.78, 5) is 12.8. The average Bonchev–Trinajstić information content (AvgIpc) is 2.76. The molecule has 1 unspecified atom stereocenters. The Morgan fingerprint density at radius 3 is 2.95 bits per heavy atom. The van der Waals surface area contributed by atoms with Crippen LogP contribution in [0.4, 0.5) is 11.8 Å². The van der Waals surface area contributed by atoms with E-state index >= 15 is 0 Å². The van der Waals surface area contributed by atoms with E-state index in [0.717, 1.165) is 16.0 Å². The summed E-state index contributed by atoms with van der Waals surface area (Å²) in [5.41, 5.74) is 2.48. The molecule has 0 aliphatic heterocycles. The van der Waals surface area contributed by atoms with E-state index in [0.29, 0.717) is 12.5 Å². The van der Waals surface area contributed by atoms with Crippen molar-refractivity contribution in [3.8, 4) is 6.07 Å². The second-order valence-corrected chi connectivity index (χ2v) is 5.74. The summed E-state index contributed by atoms with van der Waals surface area (Å²) in [7, 11) is 1.92. The van der Waals surface area contributed by atoms with E-state index < -0.39 is 0 Å². The lowest BCUT2D eigenvalue weighted by atomic mass is 10.2. The van der Waals surface area contributed by atoms with Crippen LogP contribution in [0.5, 0.6) is 0 Å². The van der Waals surface area contributed by atoms with Crippen LogP contribution >= 0.6 is 11.3 Å². The number of anilines is 2. The highest BCUT2D eigenvalue weighted by molar-refractivity contribution is 7.18. The summed E-state index contributed by atoms with van der Waals surface area (Å²) >= 11 is 1.60. The number of hydrazine groups is 1. The first-order chi connectivity index (χ1) is 9.05. The number of aromatic nitrogens is 2. The van der Waals surface area contributed by atoms with Gasteiger partial charge in [0.15, 0.2) is 0 Å². The number of nitrogens with zero attached hydrogens (tertiary/aromatic N) is 4. The number of thiophene rings is 1. The summed E-state index contributed by atoms with van der Waals surface area (Å²) in [6.45, 7) is 4.53. The Morgan fingerprint density at radius 1 is 1.58 bits per heavy atom. The predicted octanol–water partition coefficient (Wildman–Crippen LogP) is 1.88. The standard InChI is InChI=1S/C12H16N6S/c1-7(5-13)6-18(3)10-9-4-8(2)19-11(9)16-12(15-10)17-14/h4,7H,6,14H2,1-3H3,(H,15,16,17). The topological polar surface area (TPSA) is 90.9 Å². The van der Waals surface area contributed by atoms with Crippen molar-refractivity contribution in [1.82, 2.24) is 9.97 Å². The van der Waals surface area contributed by atoms with Gasteiger partial charge in [-0.2, -0.15) is 10.2 Å². The van der Waals surface area contributed by atoms with E-state index in [2.05, 4.69) is 27.5 Å². The molecule has 0 amide bonds. The van der Waals surface area contributed by atoms with Gasteiger partial charge in [0.25, 0.3) is 0 Å². The van der Waals surface area contributed by atoms with Crippen LogP contribution in [0.1, 0.15) is 11.8 Å². The molecule has 19 heavy (non-hydrogen) atoms. The van der Waals surface area contributed by atoms with Gasteiger partial charge in [0.05, 0.1) is 17.4 Å². The largest absolute Gasteiger partial charge is 0.358 e. The van der Waals surface area contributed by atoms with Crippen LogP contribution in [0.2, 0.25) is 0 Å². The van der Waals surface area contributed by atoms with Gasteiger partial charge in [-0.05, 0) is 19.9 Å². The van der Waals surface area contributed by atoms with Crippen molar-refractivity contribution in [3.05, 3.63) is 10.9 Å². The van der Waals surface area contributed by atoms with Crippen LogP contribution in [-0.2, 0) is 0 Å². The quantitative estimate of drug-likeness (QED) is 0.654. The van der Waals surface area contributed by atoms with E-state index in [1.54, 1.807) is 11.3 Å². The zero-order valence-electron chi connectivity index (χ0n) is 11.1. The Balaban J connectivity index is 2.48. The Bertz CT molecular complexity index is 629. The molecular weight excluding hydrogens is 260 g/mol. The molecule has 0 saturated carbocycles. The Labute approximate surface area is 115 Å². The first-order valence-corrected chi connectivity index (χ1v) is 6.72. The lowest BCUT2D eigenvalue weighted by molar-refractivity contribution is 0.712. The molecule has 0 spiro atoms. The van der Waals surface area contributed by atoms with Gasteiger partial charge < -0.3 is 4.90 Å². The monoisotopic (exact) mass is 276 g/mol. The van der Waals surface area contributed by atoms with E-state index in [-0.39, 0.29) is 5.92 Å². The van der Waals surface area contributed by atoms with Crippen molar-refractivity contribution in [2.45, 2.75) is 13.8 Å². The lowest BCUT2D eigenvalue weighted by Gasteiger charge is -2.20. The predicted molar refractivity (Wildman–Crippen MR) is 78.0 cm³/mol. The maximum atomic E-state index is 8.91. The smallest absolute Gasteiger partial charge is 0.240 e. The number of nitrogens with two attached hydrogens (primary N) is 1. The molecule has 2 rings (SSSR count). The molecule has 0 aliphatic carbocycles. The molecule has 0 saturated heterocycles. The number of nitrogen functional groups attached to an aromatic ring is 1. The highest BCUT2D eigenvalue weighted by atomic mass is 32.1. The van der Waals surface area contributed by atoms with Crippen molar-refractivity contribution in [2.24, 2.45) is 11.8 Å². The minimum absolute atomic E-state index is 0.0657. The average molecular weight is 276 g/mol. The van der Waals surface area contributed by atoms with Crippen molar-refractivity contribution in [3.63, 3.8) is 0 Å². The number of fused-ring (bicyclic) bond motifs is 1. The minimum atomic E-state index is -0.0657. The van der Waals surface area contributed by atoms with Gasteiger partial charge in [-0.15, -0.1) is 11.3 Å². The summed E-state index contributed by atoms with van der Waals surface area (Å²) in [6, 6.07) is 4.28. The fourth-order valence-corrected chi connectivity index (χ4v) is 2.79. The Kier molecular flexibility index (Phi) is 3.83. The van der Waals surface area contributed by atoms with Crippen LogP contribution in [0.15, 0.2) is 6.07 Å². The van der Waals surface area contributed by atoms with Gasteiger partial charge in [0.2, 0.25) is 5.95 Å². The minimum Gasteiger partial charge on any atom is -0.358 e. The van der Waals surface area contributed by atoms with E-state index in [1.807, 2.05) is 25.8 Å². The van der Waals surface area contributed by atoms with Crippen molar-refractivity contribution in [2.75, 3.05) is 23.9 Å². The molecule has 0 aliphatic rings. The molecule has 3 N–H and O–H groups in total. The SMILES string of the molecule is Cc1cc2c(N(C)CC(C)C#N)nc(NN)nc2s1. The van der Waals surface area contributed by atoms with Crippen molar-refractivity contribution < 1.29 is 0 Å². The first-order valence-electron chi connectivity index (χ1n) is 5.90. The summed E-state index contributed by atoms with van der Waals surface area (Å²) < 4.78 is 0. The zero-order chi connectivity index (χ0) is 14.0. The Hall–Kier alpha value is -1.91. The van der Waals surface area contributed by atoms with Gasteiger partial charge in [0.1, 0.15) is 10.6 Å². The van der Waals surface area contributed by atoms with E-state index in [9.17, 15) is 0 Å². The first kappa shape index (κ1) is 13.5. The third-order valence-electron chi connectivity index (χ3n) is 2.75. The van der Waals surface area contributed by atoms with Crippen molar-refractivity contribution >= 4 is 33.3 Å². The second kappa shape index (κ2) is 5.38. The molecule has 0 bridgehead atoms. The van der Waals surface area contributed by atoms with Gasteiger partial charge in [-0.1, -0.05) is 0 Å². The maximum Gasteiger partial charge on any atom is 0.240 e. The molecule has 0 aromatic carbocycles. The number of nitrogens with one attached hydrogen (secondary N) is 1. The third-order valence-corrected chi connectivity index (χ3v) is 3.70. The van der Waals surface area contributed by atoms with Crippen LogP contribution in [0.25, 0.3) is 10.2 Å². The second-order valence-electron chi connectivity index (χ2n) is 4.50. The van der Waals surface area contributed by atoms with Crippen LogP contribution in [-0.4, -0.2) is 23.6 Å². The van der Waals surface area contributed by atoms with Crippen molar-refractivity contribution in [1.29, 1.82) is 5.26 Å². The van der Waals surface area contributed by atoms with E-state index in [1.165, 1.54) is 4.88 Å². The number of hydrogen-bond donors (Lipinski definition) is 2. The maximum absolute atomic E-state index is 8.91. The molecule has 2 aromatic rings. The molecule has 2 aromatic heterocycles. The summed E-state index contributed by atoms with van der Waals surface area (Å²) in [6.07, 6.45) is 0. The van der Waals surface area contributed by atoms with Gasteiger partial charge in [0, 0.05) is 18.5 Å². The molecule has 0 radical (unpaired) electrons. The molecule has 1 atom stereocenters.